The minimum atomic E-state index is 0. The van der Waals surface area contributed by atoms with E-state index in [4.69, 9.17) is 4.74 Å². The van der Waals surface area contributed by atoms with Crippen LogP contribution in [0.1, 0.15) is 17.2 Å². The van der Waals surface area contributed by atoms with Gasteiger partial charge in [-0.25, -0.2) is 0 Å². The number of aromatic hydroxyl groups is 1. The first kappa shape index (κ1) is 11.5. The van der Waals surface area contributed by atoms with E-state index in [0.717, 1.165) is 17.7 Å². The van der Waals surface area contributed by atoms with Gasteiger partial charge in [0.1, 0.15) is 17.6 Å². The highest BCUT2D eigenvalue weighted by Gasteiger charge is 2.24. The molecule has 3 nitrogen and oxygen atoms in total. The van der Waals surface area contributed by atoms with E-state index in [9.17, 15) is 5.11 Å². The standard InChI is InChI=1S/C14H12O2.H2O/c15-12-7-6-11-8-13(16-14(11)9-12)10-4-2-1-3-5-10;/h1-7,9,13,15H,8H2;1H2. The zero-order chi connectivity index (χ0) is 11.0. The lowest BCUT2D eigenvalue weighted by Gasteiger charge is -2.10. The smallest absolute Gasteiger partial charge is 0.128 e. The molecule has 0 radical (unpaired) electrons. The summed E-state index contributed by atoms with van der Waals surface area (Å²) in [6.07, 6.45) is 0.956. The van der Waals surface area contributed by atoms with Crippen molar-refractivity contribution in [2.75, 3.05) is 0 Å². The maximum atomic E-state index is 9.37. The van der Waals surface area contributed by atoms with E-state index >= 15 is 0 Å². The van der Waals surface area contributed by atoms with Gasteiger partial charge in [0.05, 0.1) is 0 Å². The van der Waals surface area contributed by atoms with Crippen LogP contribution in [0.25, 0.3) is 0 Å². The van der Waals surface area contributed by atoms with Gasteiger partial charge in [-0.05, 0) is 17.2 Å². The van der Waals surface area contributed by atoms with Gasteiger partial charge < -0.3 is 15.3 Å². The zero-order valence-corrected chi connectivity index (χ0v) is 9.26. The van der Waals surface area contributed by atoms with Gasteiger partial charge in [0.25, 0.3) is 0 Å². The van der Waals surface area contributed by atoms with Gasteiger partial charge in [0, 0.05) is 12.5 Å². The molecule has 2 aromatic carbocycles. The van der Waals surface area contributed by atoms with Crippen molar-refractivity contribution in [1.82, 2.24) is 0 Å². The maximum Gasteiger partial charge on any atom is 0.128 e. The van der Waals surface area contributed by atoms with Crippen LogP contribution in [0.4, 0.5) is 0 Å². The molecular formula is C14H14O3. The fourth-order valence-corrected chi connectivity index (χ4v) is 2.07. The van der Waals surface area contributed by atoms with Crippen molar-refractivity contribution in [2.45, 2.75) is 12.5 Å². The second-order valence-electron chi connectivity index (χ2n) is 4.01. The van der Waals surface area contributed by atoms with Gasteiger partial charge in [-0.15, -0.1) is 0 Å². The van der Waals surface area contributed by atoms with Gasteiger partial charge in [0.15, 0.2) is 0 Å². The van der Waals surface area contributed by atoms with E-state index < -0.39 is 0 Å². The second-order valence-corrected chi connectivity index (χ2v) is 4.01. The van der Waals surface area contributed by atoms with Crippen LogP contribution >= 0.6 is 0 Å². The molecule has 0 saturated carbocycles. The van der Waals surface area contributed by atoms with Crippen molar-refractivity contribution in [2.24, 2.45) is 0 Å². The highest BCUT2D eigenvalue weighted by molar-refractivity contribution is 5.44. The number of phenols is 1. The third-order valence-electron chi connectivity index (χ3n) is 2.90. The second kappa shape index (κ2) is 4.47. The summed E-state index contributed by atoms with van der Waals surface area (Å²) < 4.78 is 5.81. The molecule has 3 N–H and O–H groups in total. The lowest BCUT2D eigenvalue weighted by Crippen LogP contribution is -2.02. The van der Waals surface area contributed by atoms with Crippen molar-refractivity contribution < 1.29 is 15.3 Å². The van der Waals surface area contributed by atoms with Crippen molar-refractivity contribution in [3.05, 3.63) is 59.7 Å². The average Bonchev–Trinajstić information content (AvgIpc) is 2.73. The first-order chi connectivity index (χ1) is 7.83. The Labute approximate surface area is 99.6 Å². The predicted octanol–water partition coefficient (Wildman–Crippen LogP) is 2.24. The van der Waals surface area contributed by atoms with E-state index in [-0.39, 0.29) is 17.3 Å². The van der Waals surface area contributed by atoms with E-state index in [0.29, 0.717) is 0 Å². The van der Waals surface area contributed by atoms with Gasteiger partial charge in [-0.3, -0.25) is 0 Å². The summed E-state index contributed by atoms with van der Waals surface area (Å²) in [6.45, 7) is 0. The number of hydrogen-bond acceptors (Lipinski definition) is 2. The molecule has 17 heavy (non-hydrogen) atoms. The normalized spacial score (nSPS) is 16.8. The summed E-state index contributed by atoms with van der Waals surface area (Å²) in [6, 6.07) is 15.5. The fourth-order valence-electron chi connectivity index (χ4n) is 2.07. The molecule has 3 heteroatoms. The highest BCUT2D eigenvalue weighted by atomic mass is 16.5. The van der Waals surface area contributed by atoms with Crippen LogP contribution in [-0.2, 0) is 6.42 Å². The van der Waals surface area contributed by atoms with Gasteiger partial charge in [-0.2, -0.15) is 0 Å². The molecule has 0 spiro atoms. The topological polar surface area (TPSA) is 61.0 Å². The Hall–Kier alpha value is -2.00. The number of fused-ring (bicyclic) bond motifs is 1. The Morgan fingerprint density at radius 2 is 1.82 bits per heavy atom. The molecule has 1 unspecified atom stereocenters. The minimum Gasteiger partial charge on any atom is -0.508 e. The molecule has 0 amide bonds. The molecule has 0 aromatic heterocycles. The number of phenolic OH excluding ortho intramolecular Hbond substituents is 1. The summed E-state index contributed by atoms with van der Waals surface area (Å²) >= 11 is 0. The Kier molecular flexibility index (Phi) is 3.02. The quantitative estimate of drug-likeness (QED) is 0.816. The van der Waals surface area contributed by atoms with Crippen molar-refractivity contribution in [3.63, 3.8) is 0 Å². The third kappa shape index (κ3) is 2.10. The average molecular weight is 230 g/mol. The first-order valence-electron chi connectivity index (χ1n) is 5.36. The van der Waals surface area contributed by atoms with Crippen molar-refractivity contribution >= 4 is 0 Å². The first-order valence-corrected chi connectivity index (χ1v) is 5.36. The number of rotatable bonds is 1. The molecule has 0 fully saturated rings. The van der Waals surface area contributed by atoms with Crippen LogP contribution in [0.5, 0.6) is 11.5 Å². The number of ether oxygens (including phenoxy) is 1. The molecule has 0 saturated heterocycles. The summed E-state index contributed by atoms with van der Waals surface area (Å²) in [5.41, 5.74) is 2.34. The fraction of sp³-hybridized carbons (Fsp3) is 0.143. The van der Waals surface area contributed by atoms with Crippen molar-refractivity contribution in [3.8, 4) is 11.5 Å². The van der Waals surface area contributed by atoms with Crippen LogP contribution in [0.3, 0.4) is 0 Å². The van der Waals surface area contributed by atoms with E-state index in [1.807, 2.05) is 24.3 Å². The molecule has 1 aliphatic heterocycles. The summed E-state index contributed by atoms with van der Waals surface area (Å²) in [4.78, 5) is 0. The minimum absolute atomic E-state index is 0. The van der Waals surface area contributed by atoms with Crippen molar-refractivity contribution in [1.29, 1.82) is 0 Å². The van der Waals surface area contributed by atoms with E-state index in [1.165, 1.54) is 5.56 Å². The van der Waals surface area contributed by atoms with E-state index in [1.54, 1.807) is 12.1 Å². The van der Waals surface area contributed by atoms with Gasteiger partial charge in [0.2, 0.25) is 0 Å². The number of benzene rings is 2. The highest BCUT2D eigenvalue weighted by Crippen LogP contribution is 2.38. The Morgan fingerprint density at radius 1 is 1.06 bits per heavy atom. The van der Waals surface area contributed by atoms with Crippen LogP contribution in [0.2, 0.25) is 0 Å². The Morgan fingerprint density at radius 3 is 2.59 bits per heavy atom. The van der Waals surface area contributed by atoms with E-state index in [2.05, 4.69) is 12.1 Å². The molecule has 1 aliphatic rings. The lowest BCUT2D eigenvalue weighted by atomic mass is 10.0. The van der Waals surface area contributed by atoms with Gasteiger partial charge >= 0.3 is 0 Å². The molecule has 3 rings (SSSR count). The number of hydrogen-bond donors (Lipinski definition) is 1. The molecular weight excluding hydrogens is 216 g/mol. The summed E-state index contributed by atoms with van der Waals surface area (Å²) in [5, 5.41) is 9.37. The summed E-state index contributed by atoms with van der Waals surface area (Å²) in [7, 11) is 0. The van der Waals surface area contributed by atoms with Gasteiger partial charge in [-0.1, -0.05) is 36.4 Å². The molecule has 0 bridgehead atoms. The molecule has 2 aromatic rings. The zero-order valence-electron chi connectivity index (χ0n) is 9.26. The largest absolute Gasteiger partial charge is 0.508 e. The monoisotopic (exact) mass is 230 g/mol. The molecule has 1 atom stereocenters. The predicted molar refractivity (Wildman–Crippen MR) is 65.2 cm³/mol. The Balaban J connectivity index is 0.00000108. The third-order valence-corrected chi connectivity index (χ3v) is 2.90. The van der Waals surface area contributed by atoms with Crippen LogP contribution in [-0.4, -0.2) is 10.6 Å². The summed E-state index contributed by atoms with van der Waals surface area (Å²) in [5.74, 6) is 1.06. The van der Waals surface area contributed by atoms with Crippen LogP contribution < -0.4 is 4.74 Å². The molecule has 1 heterocycles. The van der Waals surface area contributed by atoms with Crippen LogP contribution in [0, 0.1) is 0 Å². The Bertz CT molecular complexity index is 508. The molecule has 0 aliphatic carbocycles. The van der Waals surface area contributed by atoms with Crippen LogP contribution in [0.15, 0.2) is 48.5 Å². The SMILES string of the molecule is O.Oc1ccc2c(c1)OC(c1ccccc1)C2. The maximum absolute atomic E-state index is 9.37. The lowest BCUT2D eigenvalue weighted by molar-refractivity contribution is 0.238. The molecule has 88 valence electrons.